The minimum Gasteiger partial charge on any atom is -0.356 e. The largest absolute Gasteiger partial charge is 0.356 e. The van der Waals surface area contributed by atoms with Crippen molar-refractivity contribution in [3.8, 4) is 0 Å². The smallest absolute Gasteiger partial charge is 0.157 e. The normalized spacial score (nSPS) is 41.7. The van der Waals surface area contributed by atoms with Gasteiger partial charge in [0.1, 0.15) is 0 Å². The van der Waals surface area contributed by atoms with Gasteiger partial charge in [0.05, 0.1) is 6.61 Å². The zero-order valence-electron chi connectivity index (χ0n) is 6.96. The van der Waals surface area contributed by atoms with Crippen molar-refractivity contribution in [2.45, 2.75) is 26.6 Å². The van der Waals surface area contributed by atoms with Gasteiger partial charge in [-0.25, -0.2) is 0 Å². The van der Waals surface area contributed by atoms with Crippen molar-refractivity contribution >= 4 is 0 Å². The highest BCUT2D eigenvalue weighted by Gasteiger charge is 2.24. The zero-order valence-corrected chi connectivity index (χ0v) is 6.96. The summed E-state index contributed by atoms with van der Waals surface area (Å²) in [5, 5.41) is 0. The minimum absolute atomic E-state index is 0.0474. The van der Waals surface area contributed by atoms with Crippen LogP contribution in [0.2, 0.25) is 0 Å². The summed E-state index contributed by atoms with van der Waals surface area (Å²) in [5.41, 5.74) is 0. The maximum Gasteiger partial charge on any atom is 0.157 e. The predicted molar refractivity (Wildman–Crippen MR) is 39.7 cm³/mol. The van der Waals surface area contributed by atoms with Crippen molar-refractivity contribution < 1.29 is 9.47 Å². The molecule has 0 aromatic rings. The molecule has 3 atom stereocenters. The number of hydrogen-bond acceptors (Lipinski definition) is 2. The van der Waals surface area contributed by atoms with E-state index in [1.807, 2.05) is 0 Å². The lowest BCUT2D eigenvalue weighted by Crippen LogP contribution is -2.31. The standard InChI is InChI=1S/C8H16O2/c1-6-4-8(9-3)10-5-7(6)2/h6-8H,4-5H2,1-3H3. The summed E-state index contributed by atoms with van der Waals surface area (Å²) in [4.78, 5) is 0. The lowest BCUT2D eigenvalue weighted by Gasteiger charge is -2.31. The monoisotopic (exact) mass is 144 g/mol. The van der Waals surface area contributed by atoms with Crippen LogP contribution < -0.4 is 0 Å². The number of hydrogen-bond donors (Lipinski definition) is 0. The highest BCUT2D eigenvalue weighted by molar-refractivity contribution is 4.68. The van der Waals surface area contributed by atoms with E-state index >= 15 is 0 Å². The molecule has 1 saturated heterocycles. The second kappa shape index (κ2) is 3.35. The third kappa shape index (κ3) is 1.70. The molecule has 0 spiro atoms. The maximum absolute atomic E-state index is 5.39. The Morgan fingerprint density at radius 3 is 2.50 bits per heavy atom. The van der Waals surface area contributed by atoms with Crippen LogP contribution in [0.25, 0.3) is 0 Å². The molecule has 1 aliphatic heterocycles. The predicted octanol–water partition coefficient (Wildman–Crippen LogP) is 1.65. The molecule has 0 radical (unpaired) electrons. The van der Waals surface area contributed by atoms with Crippen molar-refractivity contribution in [1.29, 1.82) is 0 Å². The fourth-order valence-electron chi connectivity index (χ4n) is 1.19. The summed E-state index contributed by atoms with van der Waals surface area (Å²) in [7, 11) is 1.70. The highest BCUT2D eigenvalue weighted by atomic mass is 16.7. The van der Waals surface area contributed by atoms with Crippen LogP contribution in [0.15, 0.2) is 0 Å². The molecular formula is C8H16O2. The second-order valence-corrected chi connectivity index (χ2v) is 3.19. The van der Waals surface area contributed by atoms with Gasteiger partial charge in [0, 0.05) is 13.5 Å². The number of methoxy groups -OCH3 is 1. The molecule has 60 valence electrons. The lowest BCUT2D eigenvalue weighted by molar-refractivity contribution is -0.171. The zero-order chi connectivity index (χ0) is 7.56. The summed E-state index contributed by atoms with van der Waals surface area (Å²) in [6.45, 7) is 5.31. The third-order valence-corrected chi connectivity index (χ3v) is 2.34. The Balaban J connectivity index is 2.33. The Morgan fingerprint density at radius 1 is 1.30 bits per heavy atom. The topological polar surface area (TPSA) is 18.5 Å². The lowest BCUT2D eigenvalue weighted by atomic mass is 9.91. The highest BCUT2D eigenvalue weighted by Crippen LogP contribution is 2.24. The fourth-order valence-corrected chi connectivity index (χ4v) is 1.19. The van der Waals surface area contributed by atoms with E-state index in [1.165, 1.54) is 0 Å². The average Bonchev–Trinajstić information content (AvgIpc) is 1.95. The Bertz CT molecular complexity index is 103. The van der Waals surface area contributed by atoms with E-state index in [4.69, 9.17) is 9.47 Å². The van der Waals surface area contributed by atoms with Crippen LogP contribution in [0.4, 0.5) is 0 Å². The third-order valence-electron chi connectivity index (χ3n) is 2.34. The first kappa shape index (κ1) is 8.02. The Labute approximate surface area is 62.5 Å². The van der Waals surface area contributed by atoms with E-state index in [0.717, 1.165) is 18.9 Å². The van der Waals surface area contributed by atoms with Gasteiger partial charge < -0.3 is 9.47 Å². The molecule has 1 aliphatic rings. The van der Waals surface area contributed by atoms with Gasteiger partial charge in [-0.3, -0.25) is 0 Å². The van der Waals surface area contributed by atoms with Crippen LogP contribution in [0.3, 0.4) is 0 Å². The fraction of sp³-hybridized carbons (Fsp3) is 1.00. The average molecular weight is 144 g/mol. The van der Waals surface area contributed by atoms with Gasteiger partial charge in [0.25, 0.3) is 0 Å². The summed E-state index contributed by atoms with van der Waals surface area (Å²) in [6.07, 6.45) is 1.09. The van der Waals surface area contributed by atoms with Crippen LogP contribution in [0.1, 0.15) is 20.3 Å². The number of rotatable bonds is 1. The van der Waals surface area contributed by atoms with Crippen molar-refractivity contribution in [2.75, 3.05) is 13.7 Å². The van der Waals surface area contributed by atoms with Gasteiger partial charge >= 0.3 is 0 Å². The molecule has 0 N–H and O–H groups in total. The molecule has 0 aromatic heterocycles. The quantitative estimate of drug-likeness (QED) is 0.557. The summed E-state index contributed by atoms with van der Waals surface area (Å²) in [6, 6.07) is 0. The Hall–Kier alpha value is -0.0800. The van der Waals surface area contributed by atoms with Crippen molar-refractivity contribution in [3.63, 3.8) is 0 Å². The van der Waals surface area contributed by atoms with Crippen molar-refractivity contribution in [2.24, 2.45) is 11.8 Å². The molecule has 1 rings (SSSR count). The van der Waals surface area contributed by atoms with E-state index < -0.39 is 0 Å². The Kier molecular flexibility index (Phi) is 2.69. The molecule has 3 unspecified atom stereocenters. The molecule has 1 fully saturated rings. The van der Waals surface area contributed by atoms with Gasteiger partial charge in [-0.2, -0.15) is 0 Å². The van der Waals surface area contributed by atoms with Crippen LogP contribution >= 0.6 is 0 Å². The van der Waals surface area contributed by atoms with Gasteiger partial charge in [-0.15, -0.1) is 0 Å². The molecule has 2 nitrogen and oxygen atoms in total. The van der Waals surface area contributed by atoms with Crippen molar-refractivity contribution in [1.82, 2.24) is 0 Å². The first-order valence-electron chi connectivity index (χ1n) is 3.88. The van der Waals surface area contributed by atoms with E-state index in [-0.39, 0.29) is 6.29 Å². The summed E-state index contributed by atoms with van der Waals surface area (Å²) >= 11 is 0. The number of ether oxygens (including phenoxy) is 2. The van der Waals surface area contributed by atoms with Gasteiger partial charge in [-0.1, -0.05) is 13.8 Å². The summed E-state index contributed by atoms with van der Waals surface area (Å²) < 4.78 is 10.5. The molecular weight excluding hydrogens is 128 g/mol. The summed E-state index contributed by atoms with van der Waals surface area (Å²) in [5.74, 6) is 1.42. The SMILES string of the molecule is COC1CC(C)C(C)CO1. The molecule has 2 heteroatoms. The van der Waals surface area contributed by atoms with Crippen LogP contribution in [0.5, 0.6) is 0 Å². The van der Waals surface area contributed by atoms with Crippen LogP contribution in [0, 0.1) is 11.8 Å². The second-order valence-electron chi connectivity index (χ2n) is 3.19. The molecule has 0 bridgehead atoms. The molecule has 0 aromatic carbocycles. The van der Waals surface area contributed by atoms with Crippen molar-refractivity contribution in [3.05, 3.63) is 0 Å². The van der Waals surface area contributed by atoms with Gasteiger partial charge in [0.15, 0.2) is 6.29 Å². The molecule has 0 amide bonds. The van der Waals surface area contributed by atoms with E-state index in [0.29, 0.717) is 5.92 Å². The first-order valence-corrected chi connectivity index (χ1v) is 3.88. The van der Waals surface area contributed by atoms with E-state index in [1.54, 1.807) is 7.11 Å². The first-order chi connectivity index (χ1) is 4.74. The van der Waals surface area contributed by atoms with E-state index in [2.05, 4.69) is 13.8 Å². The van der Waals surface area contributed by atoms with Crippen LogP contribution in [-0.4, -0.2) is 20.0 Å². The van der Waals surface area contributed by atoms with Crippen LogP contribution in [-0.2, 0) is 9.47 Å². The molecule has 0 aliphatic carbocycles. The molecule has 0 saturated carbocycles. The molecule has 10 heavy (non-hydrogen) atoms. The maximum atomic E-state index is 5.39. The van der Waals surface area contributed by atoms with Gasteiger partial charge in [-0.05, 0) is 11.8 Å². The molecule has 1 heterocycles. The van der Waals surface area contributed by atoms with Gasteiger partial charge in [0.2, 0.25) is 0 Å². The van der Waals surface area contributed by atoms with E-state index in [9.17, 15) is 0 Å². The minimum atomic E-state index is 0.0474. The Morgan fingerprint density at radius 2 is 2.00 bits per heavy atom.